The molecule has 1 atom stereocenters. The molecule has 94 valence electrons. The number of halogens is 1. The zero-order valence-corrected chi connectivity index (χ0v) is 12.4. The molecule has 2 nitrogen and oxygen atoms in total. The molecule has 0 aliphatic heterocycles. The molecular weight excluding hydrogens is 272 g/mol. The smallest absolute Gasteiger partial charge is 0.106 e. The lowest BCUT2D eigenvalue weighted by atomic mass is 10.1. The molecule has 0 radical (unpaired) electrons. The fourth-order valence-corrected chi connectivity index (χ4v) is 2.46. The normalized spacial score (nSPS) is 12.2. The summed E-state index contributed by atoms with van der Waals surface area (Å²) in [7, 11) is 0. The second-order valence-electron chi connectivity index (χ2n) is 3.76. The first-order valence-electron chi connectivity index (χ1n) is 5.48. The number of hydrogen-bond acceptors (Lipinski definition) is 3. The van der Waals surface area contributed by atoms with Crippen LogP contribution in [0.5, 0.6) is 0 Å². The zero-order chi connectivity index (χ0) is 12.8. The molecule has 5 heteroatoms. The van der Waals surface area contributed by atoms with Crippen LogP contribution in [-0.4, -0.2) is 22.5 Å². The standard InChI is InChI=1S/C12H17ClN2S2/c1-3-17-7-8(2)15-11-5-4-9(13)6-10(11)12(14)16/h4-6,8,15H,3,7H2,1-2H3,(H2,14,16). The molecule has 0 bridgehead atoms. The van der Waals surface area contributed by atoms with Gasteiger partial charge in [-0.3, -0.25) is 0 Å². The summed E-state index contributed by atoms with van der Waals surface area (Å²) < 4.78 is 0. The summed E-state index contributed by atoms with van der Waals surface area (Å²) in [4.78, 5) is 0.366. The van der Waals surface area contributed by atoms with Crippen molar-refractivity contribution in [2.45, 2.75) is 19.9 Å². The Bertz CT molecular complexity index is 396. The van der Waals surface area contributed by atoms with Crippen LogP contribution in [0.4, 0.5) is 5.69 Å². The monoisotopic (exact) mass is 288 g/mol. The quantitative estimate of drug-likeness (QED) is 0.786. The van der Waals surface area contributed by atoms with Gasteiger partial charge in [0.2, 0.25) is 0 Å². The van der Waals surface area contributed by atoms with Gasteiger partial charge < -0.3 is 11.1 Å². The summed E-state index contributed by atoms with van der Waals surface area (Å²) in [6.07, 6.45) is 0. The second-order valence-corrected chi connectivity index (χ2v) is 5.95. The summed E-state index contributed by atoms with van der Waals surface area (Å²) in [5, 5.41) is 4.05. The molecule has 0 amide bonds. The van der Waals surface area contributed by atoms with Crippen molar-refractivity contribution in [1.82, 2.24) is 0 Å². The number of anilines is 1. The van der Waals surface area contributed by atoms with Crippen LogP contribution in [0.15, 0.2) is 18.2 Å². The van der Waals surface area contributed by atoms with E-state index >= 15 is 0 Å². The average Bonchev–Trinajstić information content (AvgIpc) is 2.28. The number of thioether (sulfide) groups is 1. The third-order valence-corrected chi connectivity index (χ3v) is 3.82. The first-order chi connectivity index (χ1) is 8.04. The van der Waals surface area contributed by atoms with E-state index in [0.29, 0.717) is 16.1 Å². The molecule has 0 fully saturated rings. The number of rotatable bonds is 6. The van der Waals surface area contributed by atoms with Gasteiger partial charge in [-0.25, -0.2) is 0 Å². The van der Waals surface area contributed by atoms with E-state index in [9.17, 15) is 0 Å². The molecule has 1 aromatic carbocycles. The van der Waals surface area contributed by atoms with Gasteiger partial charge in [-0.15, -0.1) is 0 Å². The van der Waals surface area contributed by atoms with E-state index in [0.717, 1.165) is 22.8 Å². The molecule has 1 rings (SSSR count). The Balaban J connectivity index is 2.79. The third-order valence-electron chi connectivity index (χ3n) is 2.22. The lowest BCUT2D eigenvalue weighted by Crippen LogP contribution is -2.21. The summed E-state index contributed by atoms with van der Waals surface area (Å²) >= 11 is 12.9. The molecule has 0 aliphatic carbocycles. The molecule has 1 unspecified atom stereocenters. The molecular formula is C12H17ClN2S2. The van der Waals surface area contributed by atoms with Crippen LogP contribution in [0.25, 0.3) is 0 Å². The van der Waals surface area contributed by atoms with Crippen molar-refractivity contribution in [3.05, 3.63) is 28.8 Å². The van der Waals surface area contributed by atoms with Gasteiger partial charge in [0, 0.05) is 28.1 Å². The van der Waals surface area contributed by atoms with Crippen LogP contribution >= 0.6 is 35.6 Å². The van der Waals surface area contributed by atoms with Gasteiger partial charge in [-0.2, -0.15) is 11.8 Å². The van der Waals surface area contributed by atoms with E-state index in [2.05, 4.69) is 19.2 Å². The number of nitrogens with two attached hydrogens (primary N) is 1. The Morgan fingerprint density at radius 1 is 1.59 bits per heavy atom. The molecule has 0 heterocycles. The van der Waals surface area contributed by atoms with E-state index in [4.69, 9.17) is 29.6 Å². The number of nitrogens with one attached hydrogen (secondary N) is 1. The second kappa shape index (κ2) is 7.09. The van der Waals surface area contributed by atoms with Gasteiger partial charge in [-0.05, 0) is 30.9 Å². The van der Waals surface area contributed by atoms with Crippen molar-refractivity contribution in [3.63, 3.8) is 0 Å². The predicted octanol–water partition coefficient (Wildman–Crippen LogP) is 3.53. The molecule has 0 aliphatic rings. The summed E-state index contributed by atoms with van der Waals surface area (Å²) in [6.45, 7) is 4.29. The topological polar surface area (TPSA) is 38.0 Å². The highest BCUT2D eigenvalue weighted by molar-refractivity contribution is 7.99. The van der Waals surface area contributed by atoms with Gasteiger partial charge in [0.1, 0.15) is 4.99 Å². The van der Waals surface area contributed by atoms with Crippen molar-refractivity contribution >= 4 is 46.3 Å². The van der Waals surface area contributed by atoms with Crippen molar-refractivity contribution in [1.29, 1.82) is 0 Å². The van der Waals surface area contributed by atoms with Crippen LogP contribution in [0, 0.1) is 0 Å². The maximum absolute atomic E-state index is 5.93. The van der Waals surface area contributed by atoms with Gasteiger partial charge in [-0.1, -0.05) is 30.7 Å². The Hall–Kier alpha value is -0.450. The fourth-order valence-electron chi connectivity index (χ4n) is 1.45. The maximum Gasteiger partial charge on any atom is 0.106 e. The van der Waals surface area contributed by atoms with Crippen molar-refractivity contribution in [2.24, 2.45) is 5.73 Å². The minimum absolute atomic E-state index is 0.366. The van der Waals surface area contributed by atoms with Crippen LogP contribution in [0.3, 0.4) is 0 Å². The van der Waals surface area contributed by atoms with Gasteiger partial charge in [0.25, 0.3) is 0 Å². The molecule has 0 saturated heterocycles. The number of hydrogen-bond donors (Lipinski definition) is 2. The molecule has 0 saturated carbocycles. The number of benzene rings is 1. The van der Waals surface area contributed by atoms with Gasteiger partial charge in [0.15, 0.2) is 0 Å². The minimum Gasteiger partial charge on any atom is -0.389 e. The predicted molar refractivity (Wildman–Crippen MR) is 83.4 cm³/mol. The number of thiocarbonyl (C=S) groups is 1. The van der Waals surface area contributed by atoms with Crippen molar-refractivity contribution in [2.75, 3.05) is 16.8 Å². The van der Waals surface area contributed by atoms with E-state index < -0.39 is 0 Å². The summed E-state index contributed by atoms with van der Waals surface area (Å²) in [5.74, 6) is 2.17. The fraction of sp³-hybridized carbons (Fsp3) is 0.417. The highest BCUT2D eigenvalue weighted by Crippen LogP contribution is 2.22. The Kier molecular flexibility index (Phi) is 6.09. The lowest BCUT2D eigenvalue weighted by Gasteiger charge is -2.17. The Labute approximate surface area is 117 Å². The first kappa shape index (κ1) is 14.6. The Morgan fingerprint density at radius 2 is 2.29 bits per heavy atom. The molecule has 0 aromatic heterocycles. The van der Waals surface area contributed by atoms with Crippen LogP contribution in [0.2, 0.25) is 5.02 Å². The van der Waals surface area contributed by atoms with E-state index in [1.165, 1.54) is 0 Å². The van der Waals surface area contributed by atoms with E-state index in [1.54, 1.807) is 6.07 Å². The SMILES string of the molecule is CCSCC(C)Nc1ccc(Cl)cc1C(N)=S. The minimum atomic E-state index is 0.366. The molecule has 3 N–H and O–H groups in total. The lowest BCUT2D eigenvalue weighted by molar-refractivity contribution is 0.913. The molecule has 1 aromatic rings. The zero-order valence-electron chi connectivity index (χ0n) is 10.00. The average molecular weight is 289 g/mol. The van der Waals surface area contributed by atoms with Crippen molar-refractivity contribution < 1.29 is 0 Å². The maximum atomic E-state index is 5.93. The Morgan fingerprint density at radius 3 is 2.88 bits per heavy atom. The largest absolute Gasteiger partial charge is 0.389 e. The van der Waals surface area contributed by atoms with Crippen LogP contribution in [0.1, 0.15) is 19.4 Å². The first-order valence-corrected chi connectivity index (χ1v) is 7.42. The summed E-state index contributed by atoms with van der Waals surface area (Å²) in [6, 6.07) is 5.93. The van der Waals surface area contributed by atoms with Crippen molar-refractivity contribution in [3.8, 4) is 0 Å². The highest BCUT2D eigenvalue weighted by atomic mass is 35.5. The highest BCUT2D eigenvalue weighted by Gasteiger charge is 2.09. The molecule has 17 heavy (non-hydrogen) atoms. The van der Waals surface area contributed by atoms with E-state index in [-0.39, 0.29) is 0 Å². The van der Waals surface area contributed by atoms with Gasteiger partial charge in [0.05, 0.1) is 0 Å². The van der Waals surface area contributed by atoms with Crippen LogP contribution in [-0.2, 0) is 0 Å². The summed E-state index contributed by atoms with van der Waals surface area (Å²) in [5.41, 5.74) is 7.44. The van der Waals surface area contributed by atoms with Gasteiger partial charge >= 0.3 is 0 Å². The molecule has 0 spiro atoms. The van der Waals surface area contributed by atoms with E-state index in [1.807, 2.05) is 23.9 Å². The third kappa shape index (κ3) is 4.74. The van der Waals surface area contributed by atoms with Crippen LogP contribution < -0.4 is 11.1 Å².